The van der Waals surface area contributed by atoms with Gasteiger partial charge >= 0.3 is 5.97 Å². The predicted octanol–water partition coefficient (Wildman–Crippen LogP) is 1.67. The van der Waals surface area contributed by atoms with Crippen LogP contribution in [0.25, 0.3) is 0 Å². The van der Waals surface area contributed by atoms with E-state index in [9.17, 15) is 4.79 Å². The molecule has 0 saturated heterocycles. The van der Waals surface area contributed by atoms with Crippen molar-refractivity contribution < 1.29 is 9.53 Å². The first kappa shape index (κ1) is 12.3. The molecule has 0 aliphatic carbocycles. The summed E-state index contributed by atoms with van der Waals surface area (Å²) < 4.78 is 6.91. The number of ether oxygens (including phenoxy) is 1. The SMILES string of the molecule is COC(=O)C1CCc2nnc(Cc3ccsc3)n2C1. The Morgan fingerprint density at radius 1 is 1.58 bits per heavy atom. The van der Waals surface area contributed by atoms with E-state index >= 15 is 0 Å². The predicted molar refractivity (Wildman–Crippen MR) is 71.0 cm³/mol. The Morgan fingerprint density at radius 3 is 3.21 bits per heavy atom. The zero-order chi connectivity index (χ0) is 13.2. The van der Waals surface area contributed by atoms with Gasteiger partial charge in [-0.15, -0.1) is 10.2 Å². The highest BCUT2D eigenvalue weighted by molar-refractivity contribution is 7.07. The Morgan fingerprint density at radius 2 is 2.47 bits per heavy atom. The van der Waals surface area contributed by atoms with E-state index in [0.29, 0.717) is 6.54 Å². The Bertz CT molecular complexity index is 577. The Balaban J connectivity index is 1.82. The first-order valence-corrected chi connectivity index (χ1v) is 7.22. The van der Waals surface area contributed by atoms with Gasteiger partial charge in [-0.2, -0.15) is 11.3 Å². The molecule has 0 spiro atoms. The first-order valence-electron chi connectivity index (χ1n) is 6.28. The van der Waals surface area contributed by atoms with Crippen molar-refractivity contribution in [3.8, 4) is 0 Å². The topological polar surface area (TPSA) is 57.0 Å². The summed E-state index contributed by atoms with van der Waals surface area (Å²) in [5.41, 5.74) is 1.24. The van der Waals surface area contributed by atoms with Crippen LogP contribution in [0.5, 0.6) is 0 Å². The van der Waals surface area contributed by atoms with Gasteiger partial charge < -0.3 is 9.30 Å². The molecule has 6 heteroatoms. The Kier molecular flexibility index (Phi) is 3.33. The standard InChI is InChI=1S/C13H15N3O2S/c1-18-13(17)10-2-3-11-14-15-12(16(11)7-10)6-9-4-5-19-8-9/h4-5,8,10H,2-3,6-7H2,1H3. The molecule has 3 rings (SSSR count). The first-order chi connectivity index (χ1) is 9.28. The summed E-state index contributed by atoms with van der Waals surface area (Å²) in [6.45, 7) is 0.633. The molecule has 2 aromatic heterocycles. The number of aromatic nitrogens is 3. The lowest BCUT2D eigenvalue weighted by molar-refractivity contribution is -0.146. The molecule has 19 heavy (non-hydrogen) atoms. The van der Waals surface area contributed by atoms with Crippen molar-refractivity contribution >= 4 is 17.3 Å². The summed E-state index contributed by atoms with van der Waals surface area (Å²) >= 11 is 1.68. The maximum atomic E-state index is 11.7. The quantitative estimate of drug-likeness (QED) is 0.801. The number of nitrogens with zero attached hydrogens (tertiary/aromatic N) is 3. The van der Waals surface area contributed by atoms with Crippen LogP contribution in [0.4, 0.5) is 0 Å². The molecule has 0 aromatic carbocycles. The van der Waals surface area contributed by atoms with Gasteiger partial charge in [-0.25, -0.2) is 0 Å². The molecular weight excluding hydrogens is 262 g/mol. The second-order valence-corrected chi connectivity index (χ2v) is 5.49. The highest BCUT2D eigenvalue weighted by Gasteiger charge is 2.28. The Labute approximate surface area is 115 Å². The summed E-state index contributed by atoms with van der Waals surface area (Å²) in [6, 6.07) is 2.09. The molecule has 3 heterocycles. The molecule has 0 amide bonds. The molecule has 2 aromatic rings. The van der Waals surface area contributed by atoms with Crippen molar-refractivity contribution in [2.45, 2.75) is 25.8 Å². The van der Waals surface area contributed by atoms with Gasteiger partial charge in [0.2, 0.25) is 0 Å². The molecule has 1 unspecified atom stereocenters. The average molecular weight is 277 g/mol. The molecule has 1 aliphatic heterocycles. The van der Waals surface area contributed by atoms with E-state index in [4.69, 9.17) is 4.74 Å². The van der Waals surface area contributed by atoms with Crippen LogP contribution in [0.1, 0.15) is 23.6 Å². The fourth-order valence-electron chi connectivity index (χ4n) is 2.45. The number of aryl methyl sites for hydroxylation is 1. The third-order valence-corrected chi connectivity index (χ3v) is 4.23. The number of carbonyl (C=O) groups excluding carboxylic acids is 1. The Hall–Kier alpha value is -1.69. The summed E-state index contributed by atoms with van der Waals surface area (Å²) in [5, 5.41) is 12.6. The molecule has 0 saturated carbocycles. The number of fused-ring (bicyclic) bond motifs is 1. The van der Waals surface area contributed by atoms with Crippen LogP contribution in [0.3, 0.4) is 0 Å². The number of thiophene rings is 1. The number of esters is 1. The van der Waals surface area contributed by atoms with Gasteiger partial charge in [0.05, 0.1) is 13.0 Å². The highest BCUT2D eigenvalue weighted by atomic mass is 32.1. The van der Waals surface area contributed by atoms with Crippen LogP contribution in [0.2, 0.25) is 0 Å². The van der Waals surface area contributed by atoms with Crippen LogP contribution < -0.4 is 0 Å². The fourth-order valence-corrected chi connectivity index (χ4v) is 3.12. The maximum absolute atomic E-state index is 11.7. The van der Waals surface area contributed by atoms with E-state index in [0.717, 1.165) is 30.9 Å². The van der Waals surface area contributed by atoms with Crippen molar-refractivity contribution in [1.29, 1.82) is 0 Å². The minimum Gasteiger partial charge on any atom is -0.469 e. The van der Waals surface area contributed by atoms with Gasteiger partial charge in [-0.1, -0.05) is 0 Å². The van der Waals surface area contributed by atoms with Crippen molar-refractivity contribution in [2.24, 2.45) is 5.92 Å². The zero-order valence-corrected chi connectivity index (χ0v) is 11.5. The third kappa shape index (κ3) is 2.40. The van der Waals surface area contributed by atoms with E-state index in [2.05, 4.69) is 31.6 Å². The molecule has 0 N–H and O–H groups in total. The lowest BCUT2D eigenvalue weighted by atomic mass is 9.99. The van der Waals surface area contributed by atoms with Gasteiger partial charge in [0, 0.05) is 19.4 Å². The fraction of sp³-hybridized carbons (Fsp3) is 0.462. The van der Waals surface area contributed by atoms with Crippen molar-refractivity contribution in [1.82, 2.24) is 14.8 Å². The summed E-state index contributed by atoms with van der Waals surface area (Å²) in [4.78, 5) is 11.7. The molecule has 1 aliphatic rings. The molecule has 1 atom stereocenters. The number of hydrogen-bond donors (Lipinski definition) is 0. The summed E-state index contributed by atoms with van der Waals surface area (Å²) in [7, 11) is 1.44. The van der Waals surface area contributed by atoms with Crippen molar-refractivity contribution in [2.75, 3.05) is 7.11 Å². The van der Waals surface area contributed by atoms with E-state index in [-0.39, 0.29) is 11.9 Å². The number of methoxy groups -OCH3 is 1. The molecule has 0 radical (unpaired) electrons. The monoisotopic (exact) mass is 277 g/mol. The number of hydrogen-bond acceptors (Lipinski definition) is 5. The van der Waals surface area contributed by atoms with E-state index in [1.807, 2.05) is 0 Å². The van der Waals surface area contributed by atoms with Gasteiger partial charge in [0.15, 0.2) is 0 Å². The molecular formula is C13H15N3O2S. The van der Waals surface area contributed by atoms with Gasteiger partial charge in [0.25, 0.3) is 0 Å². The lowest BCUT2D eigenvalue weighted by Gasteiger charge is -2.22. The smallest absolute Gasteiger partial charge is 0.310 e. The van der Waals surface area contributed by atoms with Gasteiger partial charge in [-0.05, 0) is 28.8 Å². The molecule has 0 fully saturated rings. The molecule has 5 nitrogen and oxygen atoms in total. The van der Waals surface area contributed by atoms with Crippen molar-refractivity contribution in [3.05, 3.63) is 34.0 Å². The van der Waals surface area contributed by atoms with E-state index in [1.165, 1.54) is 12.7 Å². The maximum Gasteiger partial charge on any atom is 0.310 e. The summed E-state index contributed by atoms with van der Waals surface area (Å²) in [5.74, 6) is 1.70. The lowest BCUT2D eigenvalue weighted by Crippen LogP contribution is -2.28. The summed E-state index contributed by atoms with van der Waals surface area (Å²) in [6.07, 6.45) is 2.35. The van der Waals surface area contributed by atoms with Gasteiger partial charge in [0.1, 0.15) is 11.6 Å². The third-order valence-electron chi connectivity index (χ3n) is 3.50. The second-order valence-electron chi connectivity index (χ2n) is 4.71. The highest BCUT2D eigenvalue weighted by Crippen LogP contribution is 2.22. The normalized spacial score (nSPS) is 18.1. The van der Waals surface area contributed by atoms with E-state index < -0.39 is 0 Å². The van der Waals surface area contributed by atoms with Crippen molar-refractivity contribution in [3.63, 3.8) is 0 Å². The second kappa shape index (κ2) is 5.13. The van der Waals surface area contributed by atoms with Crippen LogP contribution in [0, 0.1) is 5.92 Å². The average Bonchev–Trinajstić information content (AvgIpc) is 3.08. The molecule has 0 bridgehead atoms. The minimum atomic E-state index is -0.138. The van der Waals surface area contributed by atoms with Crippen LogP contribution >= 0.6 is 11.3 Å². The van der Waals surface area contributed by atoms with Gasteiger partial charge in [-0.3, -0.25) is 4.79 Å². The van der Waals surface area contributed by atoms with Crippen LogP contribution in [-0.4, -0.2) is 27.8 Å². The largest absolute Gasteiger partial charge is 0.469 e. The van der Waals surface area contributed by atoms with Crippen LogP contribution in [0.15, 0.2) is 16.8 Å². The van der Waals surface area contributed by atoms with E-state index in [1.54, 1.807) is 11.3 Å². The number of carbonyl (C=O) groups is 1. The van der Waals surface area contributed by atoms with Crippen LogP contribution in [-0.2, 0) is 28.9 Å². The number of rotatable bonds is 3. The minimum absolute atomic E-state index is 0.0743. The molecule has 100 valence electrons. The zero-order valence-electron chi connectivity index (χ0n) is 10.7.